The molecule has 1 saturated carbocycles. The van der Waals surface area contributed by atoms with Crippen LogP contribution in [0.4, 0.5) is 0 Å². The first kappa shape index (κ1) is 12.2. The van der Waals surface area contributed by atoms with Crippen LogP contribution >= 0.6 is 0 Å². The minimum absolute atomic E-state index is 0.0115. The summed E-state index contributed by atoms with van der Waals surface area (Å²) in [5, 5.41) is 0. The van der Waals surface area contributed by atoms with Gasteiger partial charge >= 0.3 is 0 Å². The van der Waals surface area contributed by atoms with Gasteiger partial charge in [0.2, 0.25) is 0 Å². The van der Waals surface area contributed by atoms with Gasteiger partial charge in [0.05, 0.1) is 0 Å². The second-order valence-electron chi connectivity index (χ2n) is 5.25. The molecule has 0 aromatic heterocycles. The van der Waals surface area contributed by atoms with Gasteiger partial charge in [-0.2, -0.15) is 0 Å². The summed E-state index contributed by atoms with van der Waals surface area (Å²) >= 11 is 0. The molecule has 1 aliphatic rings. The number of hydrogen-bond acceptors (Lipinski definition) is 1. The minimum atomic E-state index is 0.0115. The van der Waals surface area contributed by atoms with Crippen LogP contribution in [0.2, 0.25) is 0 Å². The molecule has 0 amide bonds. The fraction of sp³-hybridized carbons (Fsp3) is 0.643. The molecular weight excluding hydrogens is 184 g/mol. The molecule has 0 saturated heterocycles. The first-order valence-electron chi connectivity index (χ1n) is 5.75. The quantitative estimate of drug-likeness (QED) is 0.496. The average molecular weight is 206 g/mol. The van der Waals surface area contributed by atoms with Crippen LogP contribution in [0.3, 0.4) is 0 Å². The summed E-state index contributed by atoms with van der Waals surface area (Å²) in [7, 11) is 0. The van der Waals surface area contributed by atoms with E-state index in [1.807, 2.05) is 13.0 Å². The van der Waals surface area contributed by atoms with Crippen molar-refractivity contribution in [1.29, 1.82) is 0 Å². The van der Waals surface area contributed by atoms with E-state index in [1.54, 1.807) is 6.08 Å². The van der Waals surface area contributed by atoms with E-state index >= 15 is 0 Å². The van der Waals surface area contributed by atoms with Crippen molar-refractivity contribution in [2.75, 3.05) is 0 Å². The molecule has 1 fully saturated rings. The number of carbonyl (C=O) groups excluding carboxylic acids is 1. The zero-order valence-corrected chi connectivity index (χ0v) is 10.3. The Kier molecular flexibility index (Phi) is 3.54. The molecule has 84 valence electrons. The van der Waals surface area contributed by atoms with Crippen LogP contribution in [0.25, 0.3) is 0 Å². The van der Waals surface area contributed by atoms with Crippen molar-refractivity contribution in [1.82, 2.24) is 0 Å². The van der Waals surface area contributed by atoms with Gasteiger partial charge in [-0.25, -0.2) is 0 Å². The van der Waals surface area contributed by atoms with E-state index in [1.165, 1.54) is 0 Å². The Labute approximate surface area is 93.3 Å². The van der Waals surface area contributed by atoms with Crippen molar-refractivity contribution in [3.05, 3.63) is 24.3 Å². The Hall–Kier alpha value is -0.850. The van der Waals surface area contributed by atoms with Crippen LogP contribution in [-0.2, 0) is 4.79 Å². The van der Waals surface area contributed by atoms with Gasteiger partial charge in [0.15, 0.2) is 5.78 Å². The SMILES string of the molecule is C=C1CC[C@@H](C)C(C)(C)[C@@H]1C(=O)/C=C/C. The molecule has 0 N–H and O–H groups in total. The summed E-state index contributed by atoms with van der Waals surface area (Å²) in [5.41, 5.74) is 1.16. The Morgan fingerprint density at radius 3 is 2.67 bits per heavy atom. The summed E-state index contributed by atoms with van der Waals surface area (Å²) in [4.78, 5) is 12.0. The smallest absolute Gasteiger partial charge is 0.162 e. The van der Waals surface area contributed by atoms with Crippen molar-refractivity contribution in [3.63, 3.8) is 0 Å². The zero-order chi connectivity index (χ0) is 11.6. The number of rotatable bonds is 2. The van der Waals surface area contributed by atoms with E-state index in [2.05, 4.69) is 27.4 Å². The average Bonchev–Trinajstić information content (AvgIpc) is 2.12. The fourth-order valence-electron chi connectivity index (χ4n) is 2.56. The van der Waals surface area contributed by atoms with Gasteiger partial charge < -0.3 is 0 Å². The minimum Gasteiger partial charge on any atom is -0.294 e. The number of hydrogen-bond donors (Lipinski definition) is 0. The number of allylic oxidation sites excluding steroid dienone is 3. The Morgan fingerprint density at radius 1 is 1.53 bits per heavy atom. The lowest BCUT2D eigenvalue weighted by molar-refractivity contribution is -0.122. The van der Waals surface area contributed by atoms with Gasteiger partial charge in [-0.15, -0.1) is 0 Å². The summed E-state index contributed by atoms with van der Waals surface area (Å²) < 4.78 is 0. The maximum Gasteiger partial charge on any atom is 0.162 e. The molecule has 0 bridgehead atoms. The normalized spacial score (nSPS) is 30.8. The van der Waals surface area contributed by atoms with Gasteiger partial charge in [-0.1, -0.05) is 39.0 Å². The van der Waals surface area contributed by atoms with Crippen LogP contribution in [-0.4, -0.2) is 5.78 Å². The lowest BCUT2D eigenvalue weighted by Gasteiger charge is -2.43. The summed E-state index contributed by atoms with van der Waals surface area (Å²) in [6.07, 6.45) is 5.67. The van der Waals surface area contributed by atoms with Gasteiger partial charge in [0.1, 0.15) is 0 Å². The van der Waals surface area contributed by atoms with Crippen molar-refractivity contribution in [3.8, 4) is 0 Å². The standard InChI is InChI=1S/C14H22O/c1-6-7-12(15)13-10(2)8-9-11(3)14(13,4)5/h6-7,11,13H,2,8-9H2,1,3-5H3/b7-6+/t11-,13+/m1/s1. The van der Waals surface area contributed by atoms with Gasteiger partial charge in [0.25, 0.3) is 0 Å². The lowest BCUT2D eigenvalue weighted by Crippen LogP contribution is -2.40. The van der Waals surface area contributed by atoms with E-state index in [-0.39, 0.29) is 17.1 Å². The topological polar surface area (TPSA) is 17.1 Å². The monoisotopic (exact) mass is 206 g/mol. The van der Waals surface area contributed by atoms with Crippen molar-refractivity contribution in [2.24, 2.45) is 17.3 Å². The summed E-state index contributed by atoms with van der Waals surface area (Å²) in [6, 6.07) is 0. The molecule has 1 nitrogen and oxygen atoms in total. The lowest BCUT2D eigenvalue weighted by atomic mass is 9.60. The molecule has 2 atom stereocenters. The van der Waals surface area contributed by atoms with Crippen LogP contribution in [0.1, 0.15) is 40.5 Å². The molecule has 0 aromatic carbocycles. The van der Waals surface area contributed by atoms with Crippen molar-refractivity contribution < 1.29 is 4.79 Å². The van der Waals surface area contributed by atoms with Gasteiger partial charge in [0, 0.05) is 5.92 Å². The highest BCUT2D eigenvalue weighted by Gasteiger charge is 2.42. The molecule has 0 aromatic rings. The van der Waals surface area contributed by atoms with E-state index in [0.717, 1.165) is 18.4 Å². The van der Waals surface area contributed by atoms with Crippen molar-refractivity contribution >= 4 is 5.78 Å². The van der Waals surface area contributed by atoms with Crippen LogP contribution < -0.4 is 0 Å². The molecule has 1 heteroatoms. The highest BCUT2D eigenvalue weighted by atomic mass is 16.1. The summed E-state index contributed by atoms with van der Waals surface area (Å²) in [5.74, 6) is 0.818. The van der Waals surface area contributed by atoms with E-state index in [0.29, 0.717) is 5.92 Å². The predicted molar refractivity (Wildman–Crippen MR) is 64.6 cm³/mol. The molecule has 1 aliphatic carbocycles. The maximum absolute atomic E-state index is 12.0. The third kappa shape index (κ3) is 2.22. The molecule has 15 heavy (non-hydrogen) atoms. The van der Waals surface area contributed by atoms with Crippen LogP contribution in [0.5, 0.6) is 0 Å². The maximum atomic E-state index is 12.0. The Bertz CT molecular complexity index is 296. The number of ketones is 1. The molecule has 0 spiro atoms. The van der Waals surface area contributed by atoms with Crippen LogP contribution in [0.15, 0.2) is 24.3 Å². The molecular formula is C14H22O. The van der Waals surface area contributed by atoms with E-state index in [9.17, 15) is 4.79 Å². The number of carbonyl (C=O) groups is 1. The Morgan fingerprint density at radius 2 is 2.13 bits per heavy atom. The van der Waals surface area contributed by atoms with Crippen LogP contribution in [0, 0.1) is 17.3 Å². The second-order valence-corrected chi connectivity index (χ2v) is 5.25. The van der Waals surface area contributed by atoms with Gasteiger partial charge in [-0.05, 0) is 37.2 Å². The van der Waals surface area contributed by atoms with Gasteiger partial charge in [-0.3, -0.25) is 4.79 Å². The molecule has 0 heterocycles. The third-order valence-electron chi connectivity index (χ3n) is 3.94. The zero-order valence-electron chi connectivity index (χ0n) is 10.3. The molecule has 0 aliphatic heterocycles. The van der Waals surface area contributed by atoms with E-state index < -0.39 is 0 Å². The second kappa shape index (κ2) is 4.34. The molecule has 0 unspecified atom stereocenters. The van der Waals surface area contributed by atoms with E-state index in [4.69, 9.17) is 0 Å². The predicted octanol–water partition coefficient (Wildman–Crippen LogP) is 3.76. The summed E-state index contributed by atoms with van der Waals surface area (Å²) in [6.45, 7) is 12.6. The first-order valence-corrected chi connectivity index (χ1v) is 5.75. The third-order valence-corrected chi connectivity index (χ3v) is 3.94. The molecule has 1 rings (SSSR count). The largest absolute Gasteiger partial charge is 0.294 e. The highest BCUT2D eigenvalue weighted by molar-refractivity contribution is 5.94. The first-order chi connectivity index (χ1) is 6.91. The van der Waals surface area contributed by atoms with Crippen molar-refractivity contribution in [2.45, 2.75) is 40.5 Å². The molecule has 0 radical (unpaired) electrons. The highest BCUT2D eigenvalue weighted by Crippen LogP contribution is 2.47. The fourth-order valence-corrected chi connectivity index (χ4v) is 2.56. The Balaban J connectivity index is 3.00.